The number of rotatable bonds is 3. The molecule has 0 fully saturated rings. The summed E-state index contributed by atoms with van der Waals surface area (Å²) in [4.78, 5) is 27.2. The van der Waals surface area contributed by atoms with E-state index >= 15 is 0 Å². The molecule has 0 aliphatic rings. The maximum atomic E-state index is 12.4. The second-order valence-electron chi connectivity index (χ2n) is 7.55. The van der Waals surface area contributed by atoms with Gasteiger partial charge in [0.2, 0.25) is 4.77 Å². The Labute approximate surface area is 160 Å². The van der Waals surface area contributed by atoms with E-state index < -0.39 is 0 Å². The van der Waals surface area contributed by atoms with Gasteiger partial charge in [-0.05, 0) is 23.2 Å². The largest absolute Gasteiger partial charge is 0.348 e. The molecule has 0 radical (unpaired) electrons. The zero-order valence-corrected chi connectivity index (χ0v) is 16.1. The monoisotopic (exact) mass is 380 g/mol. The number of H-pyrrole nitrogens is 3. The SMILES string of the molecule is CC(C)(C)c1ccc(-c2nc(=S)n3[nH]c(=O)c(Cc4cnc[nH]4)c3[nH]2)cc1. The van der Waals surface area contributed by atoms with Crippen molar-refractivity contribution in [3.63, 3.8) is 0 Å². The molecule has 0 spiro atoms. The van der Waals surface area contributed by atoms with Crippen LogP contribution in [0.4, 0.5) is 0 Å². The number of aromatic nitrogens is 6. The Morgan fingerprint density at radius 1 is 1.19 bits per heavy atom. The maximum absolute atomic E-state index is 12.4. The zero-order valence-electron chi connectivity index (χ0n) is 15.3. The van der Waals surface area contributed by atoms with E-state index in [1.54, 1.807) is 12.5 Å². The van der Waals surface area contributed by atoms with Crippen molar-refractivity contribution in [3.05, 3.63) is 68.7 Å². The average molecular weight is 380 g/mol. The molecular weight excluding hydrogens is 360 g/mol. The minimum Gasteiger partial charge on any atom is -0.348 e. The summed E-state index contributed by atoms with van der Waals surface area (Å²) in [6.45, 7) is 6.52. The summed E-state index contributed by atoms with van der Waals surface area (Å²) >= 11 is 5.39. The van der Waals surface area contributed by atoms with E-state index in [0.29, 0.717) is 28.2 Å². The number of hydrogen-bond donors (Lipinski definition) is 3. The van der Waals surface area contributed by atoms with Crippen LogP contribution >= 0.6 is 12.2 Å². The van der Waals surface area contributed by atoms with Crippen molar-refractivity contribution < 1.29 is 0 Å². The predicted octanol–water partition coefficient (Wildman–Crippen LogP) is 3.36. The van der Waals surface area contributed by atoms with E-state index in [1.807, 2.05) is 12.1 Å². The minimum atomic E-state index is -0.200. The lowest BCUT2D eigenvalue weighted by Crippen LogP contribution is -2.10. The van der Waals surface area contributed by atoms with Gasteiger partial charge >= 0.3 is 0 Å². The second-order valence-corrected chi connectivity index (χ2v) is 7.92. The molecule has 1 aromatic carbocycles. The Hall–Kier alpha value is -3.00. The van der Waals surface area contributed by atoms with Gasteiger partial charge in [0.15, 0.2) is 0 Å². The molecule has 0 aliphatic heterocycles. The van der Waals surface area contributed by atoms with Crippen molar-refractivity contribution in [3.8, 4) is 11.4 Å². The van der Waals surface area contributed by atoms with Crippen molar-refractivity contribution in [2.75, 3.05) is 0 Å². The summed E-state index contributed by atoms with van der Waals surface area (Å²) in [7, 11) is 0. The molecule has 0 amide bonds. The number of aromatic amines is 3. The fourth-order valence-electron chi connectivity index (χ4n) is 3.03. The van der Waals surface area contributed by atoms with Crippen LogP contribution in [0.15, 0.2) is 41.6 Å². The highest BCUT2D eigenvalue weighted by Crippen LogP contribution is 2.25. The van der Waals surface area contributed by atoms with E-state index in [4.69, 9.17) is 12.2 Å². The predicted molar refractivity (Wildman–Crippen MR) is 107 cm³/mol. The first-order valence-corrected chi connectivity index (χ1v) is 9.06. The molecule has 138 valence electrons. The van der Waals surface area contributed by atoms with Crippen LogP contribution in [0.2, 0.25) is 0 Å². The van der Waals surface area contributed by atoms with Crippen LogP contribution in [0.1, 0.15) is 37.6 Å². The third kappa shape index (κ3) is 3.23. The number of nitrogens with one attached hydrogen (secondary N) is 3. The first kappa shape index (κ1) is 17.4. The van der Waals surface area contributed by atoms with Gasteiger partial charge in [0.1, 0.15) is 11.5 Å². The molecule has 0 bridgehead atoms. The molecule has 8 heteroatoms. The van der Waals surface area contributed by atoms with E-state index in [-0.39, 0.29) is 11.0 Å². The molecule has 3 N–H and O–H groups in total. The number of fused-ring (bicyclic) bond motifs is 1. The van der Waals surface area contributed by atoms with E-state index in [1.165, 1.54) is 10.1 Å². The summed E-state index contributed by atoms with van der Waals surface area (Å²) in [6, 6.07) is 8.22. The molecule has 0 unspecified atom stereocenters. The first-order valence-electron chi connectivity index (χ1n) is 8.65. The van der Waals surface area contributed by atoms with Crippen LogP contribution in [0.3, 0.4) is 0 Å². The van der Waals surface area contributed by atoms with Gasteiger partial charge in [-0.25, -0.2) is 14.5 Å². The quantitative estimate of drug-likeness (QED) is 0.475. The number of nitrogens with zero attached hydrogens (tertiary/aromatic N) is 3. The topological polar surface area (TPSA) is 94.6 Å². The lowest BCUT2D eigenvalue weighted by atomic mass is 9.87. The fraction of sp³-hybridized carbons (Fsp3) is 0.263. The minimum absolute atomic E-state index is 0.0774. The van der Waals surface area contributed by atoms with Gasteiger partial charge in [-0.15, -0.1) is 0 Å². The van der Waals surface area contributed by atoms with Crippen molar-refractivity contribution in [1.29, 1.82) is 0 Å². The van der Waals surface area contributed by atoms with E-state index in [9.17, 15) is 4.79 Å². The molecule has 27 heavy (non-hydrogen) atoms. The van der Waals surface area contributed by atoms with Crippen molar-refractivity contribution >= 4 is 17.9 Å². The molecule has 0 atom stereocenters. The van der Waals surface area contributed by atoms with Gasteiger partial charge in [-0.3, -0.25) is 9.89 Å². The first-order chi connectivity index (χ1) is 12.8. The number of hydrogen-bond acceptors (Lipinski definition) is 4. The molecular formula is C19H20N6OS. The van der Waals surface area contributed by atoms with Gasteiger partial charge < -0.3 is 9.97 Å². The highest BCUT2D eigenvalue weighted by atomic mass is 32.1. The maximum Gasteiger partial charge on any atom is 0.270 e. The van der Waals surface area contributed by atoms with Crippen molar-refractivity contribution in [2.45, 2.75) is 32.6 Å². The third-order valence-electron chi connectivity index (χ3n) is 4.58. The third-order valence-corrected chi connectivity index (χ3v) is 4.85. The molecule has 7 nitrogen and oxygen atoms in total. The summed E-state index contributed by atoms with van der Waals surface area (Å²) in [6.07, 6.45) is 3.71. The van der Waals surface area contributed by atoms with Crippen LogP contribution in [-0.2, 0) is 11.8 Å². The Bertz CT molecular complexity index is 1210. The van der Waals surface area contributed by atoms with Gasteiger partial charge in [-0.1, -0.05) is 45.0 Å². The van der Waals surface area contributed by atoms with Crippen molar-refractivity contribution in [2.24, 2.45) is 0 Å². The van der Waals surface area contributed by atoms with E-state index in [0.717, 1.165) is 11.3 Å². The highest BCUT2D eigenvalue weighted by Gasteiger charge is 2.16. The average Bonchev–Trinajstić information content (AvgIpc) is 3.24. The smallest absolute Gasteiger partial charge is 0.270 e. The molecule has 3 heterocycles. The number of imidazole rings is 1. The van der Waals surface area contributed by atoms with E-state index in [2.05, 4.69) is 57.9 Å². The lowest BCUT2D eigenvalue weighted by molar-refractivity contribution is 0.590. The van der Waals surface area contributed by atoms with Gasteiger partial charge in [0, 0.05) is 23.9 Å². The Morgan fingerprint density at radius 2 is 1.93 bits per heavy atom. The van der Waals surface area contributed by atoms with Crippen LogP contribution in [-0.4, -0.2) is 29.5 Å². The second kappa shape index (κ2) is 6.31. The normalized spacial score (nSPS) is 12.0. The van der Waals surface area contributed by atoms with Gasteiger partial charge in [0.25, 0.3) is 5.56 Å². The lowest BCUT2D eigenvalue weighted by Gasteiger charge is -2.19. The van der Waals surface area contributed by atoms with Crippen LogP contribution in [0, 0.1) is 4.77 Å². The molecule has 0 aliphatic carbocycles. The summed E-state index contributed by atoms with van der Waals surface area (Å²) < 4.78 is 1.81. The van der Waals surface area contributed by atoms with Gasteiger partial charge in [-0.2, -0.15) is 0 Å². The molecule has 0 saturated carbocycles. The van der Waals surface area contributed by atoms with Crippen molar-refractivity contribution in [1.82, 2.24) is 29.5 Å². The summed E-state index contributed by atoms with van der Waals surface area (Å²) in [5.41, 5.74) is 4.08. The highest BCUT2D eigenvalue weighted by molar-refractivity contribution is 7.71. The number of benzene rings is 1. The molecule has 0 saturated heterocycles. The summed E-state index contributed by atoms with van der Waals surface area (Å²) in [5.74, 6) is 0.630. The summed E-state index contributed by atoms with van der Waals surface area (Å²) in [5, 5.41) is 2.74. The Balaban J connectivity index is 1.83. The molecule has 3 aromatic heterocycles. The van der Waals surface area contributed by atoms with Gasteiger partial charge in [0.05, 0.1) is 11.9 Å². The van der Waals surface area contributed by atoms with Crippen LogP contribution < -0.4 is 5.56 Å². The molecule has 4 rings (SSSR count). The standard InChI is InChI=1S/C19H20N6OS/c1-19(2,3)12-6-4-11(5-7-12)15-22-16-14(8-13-9-20-10-21-13)17(26)24-25(16)18(27)23-15/h4-7,9-10H,8H2,1-3H3,(H,20,21)(H,24,26)(H,22,23,27). The Morgan fingerprint density at radius 3 is 2.56 bits per heavy atom. The molecule has 4 aromatic rings. The Kier molecular flexibility index (Phi) is 4.07. The van der Waals surface area contributed by atoms with Crippen LogP contribution in [0.25, 0.3) is 17.0 Å². The van der Waals surface area contributed by atoms with Crippen LogP contribution in [0.5, 0.6) is 0 Å². The zero-order chi connectivity index (χ0) is 19.2. The fourth-order valence-corrected chi connectivity index (χ4v) is 3.26.